The SMILES string of the molecule is COc1ccc([C@](C)(O)[C@@H]2CCCN2C(=O)c2ccn(C)c(=O)c2)cc1. The number of rotatable bonds is 4. The molecule has 0 aliphatic carbocycles. The van der Waals surface area contributed by atoms with Gasteiger partial charge in [0.05, 0.1) is 13.2 Å². The van der Waals surface area contributed by atoms with Crippen LogP contribution in [-0.4, -0.2) is 40.2 Å². The number of likely N-dealkylation sites (tertiary alicyclic amines) is 1. The maximum Gasteiger partial charge on any atom is 0.254 e. The van der Waals surface area contributed by atoms with Crippen molar-refractivity contribution in [3.05, 3.63) is 64.1 Å². The first-order chi connectivity index (χ1) is 12.3. The smallest absolute Gasteiger partial charge is 0.254 e. The number of nitrogens with zero attached hydrogens (tertiary/aromatic N) is 2. The molecule has 0 bridgehead atoms. The molecule has 1 fully saturated rings. The number of aliphatic hydroxyl groups is 1. The van der Waals surface area contributed by atoms with Crippen molar-refractivity contribution in [3.63, 3.8) is 0 Å². The van der Waals surface area contributed by atoms with Gasteiger partial charge in [0.15, 0.2) is 0 Å². The molecule has 1 N–H and O–H groups in total. The maximum atomic E-state index is 12.9. The fraction of sp³-hybridized carbons (Fsp3) is 0.400. The Balaban J connectivity index is 1.89. The summed E-state index contributed by atoms with van der Waals surface area (Å²) in [7, 11) is 3.23. The van der Waals surface area contributed by atoms with Crippen molar-refractivity contribution in [3.8, 4) is 5.75 Å². The van der Waals surface area contributed by atoms with Crippen LogP contribution in [0.4, 0.5) is 0 Å². The lowest BCUT2D eigenvalue weighted by molar-refractivity contribution is -0.0177. The number of ether oxygens (including phenoxy) is 1. The summed E-state index contributed by atoms with van der Waals surface area (Å²) < 4.78 is 6.59. The molecule has 2 atom stereocenters. The monoisotopic (exact) mass is 356 g/mol. The van der Waals surface area contributed by atoms with Crippen molar-refractivity contribution in [1.82, 2.24) is 9.47 Å². The van der Waals surface area contributed by atoms with E-state index in [0.29, 0.717) is 24.3 Å². The summed E-state index contributed by atoms with van der Waals surface area (Å²) in [4.78, 5) is 26.5. The standard InChI is InChI=1S/C20H24N2O4/c1-20(25,15-6-8-16(26-3)9-7-15)17-5-4-11-22(17)19(24)14-10-12-21(2)18(23)13-14/h6-10,12-13,17,25H,4-5,11H2,1-3H3/t17-,20-/m0/s1. The molecule has 1 aliphatic heterocycles. The Morgan fingerprint density at radius 3 is 2.58 bits per heavy atom. The first kappa shape index (κ1) is 18.2. The highest BCUT2D eigenvalue weighted by molar-refractivity contribution is 5.94. The van der Waals surface area contributed by atoms with Crippen LogP contribution < -0.4 is 10.3 Å². The molecule has 138 valence electrons. The number of carbonyl (C=O) groups excluding carboxylic acids is 1. The van der Waals surface area contributed by atoms with Gasteiger partial charge in [-0.15, -0.1) is 0 Å². The molecule has 1 amide bonds. The number of benzene rings is 1. The predicted molar refractivity (Wildman–Crippen MR) is 98.3 cm³/mol. The van der Waals surface area contributed by atoms with E-state index in [1.165, 1.54) is 10.6 Å². The Morgan fingerprint density at radius 2 is 1.96 bits per heavy atom. The van der Waals surface area contributed by atoms with Gasteiger partial charge >= 0.3 is 0 Å². The van der Waals surface area contributed by atoms with Crippen molar-refractivity contribution in [2.75, 3.05) is 13.7 Å². The predicted octanol–water partition coefficient (Wildman–Crippen LogP) is 1.91. The zero-order valence-corrected chi connectivity index (χ0v) is 15.3. The Kier molecular flexibility index (Phi) is 4.87. The molecular weight excluding hydrogens is 332 g/mol. The number of methoxy groups -OCH3 is 1. The molecule has 1 aromatic heterocycles. The fourth-order valence-corrected chi connectivity index (χ4v) is 3.56. The molecule has 0 saturated carbocycles. The van der Waals surface area contributed by atoms with Crippen LogP contribution in [0, 0.1) is 0 Å². The lowest BCUT2D eigenvalue weighted by atomic mass is 9.86. The van der Waals surface area contributed by atoms with Crippen LogP contribution in [0.25, 0.3) is 0 Å². The minimum Gasteiger partial charge on any atom is -0.497 e. The van der Waals surface area contributed by atoms with Gasteiger partial charge in [0.1, 0.15) is 11.4 Å². The van der Waals surface area contributed by atoms with Crippen molar-refractivity contribution < 1.29 is 14.6 Å². The molecule has 2 heterocycles. The number of carbonyl (C=O) groups is 1. The van der Waals surface area contributed by atoms with Gasteiger partial charge in [0.2, 0.25) is 0 Å². The molecule has 6 nitrogen and oxygen atoms in total. The first-order valence-corrected chi connectivity index (χ1v) is 8.69. The van der Waals surface area contributed by atoms with Gasteiger partial charge in [0, 0.05) is 31.4 Å². The minimum absolute atomic E-state index is 0.223. The third-order valence-corrected chi connectivity index (χ3v) is 5.19. The van der Waals surface area contributed by atoms with E-state index in [1.807, 2.05) is 12.1 Å². The van der Waals surface area contributed by atoms with Gasteiger partial charge in [-0.05, 0) is 43.5 Å². The molecule has 3 rings (SSSR count). The number of aromatic nitrogens is 1. The number of hydrogen-bond donors (Lipinski definition) is 1. The molecule has 2 aromatic rings. The average molecular weight is 356 g/mol. The number of pyridine rings is 1. The summed E-state index contributed by atoms with van der Waals surface area (Å²) in [5, 5.41) is 11.2. The average Bonchev–Trinajstić information content (AvgIpc) is 3.14. The molecule has 1 aliphatic rings. The highest BCUT2D eigenvalue weighted by atomic mass is 16.5. The van der Waals surface area contributed by atoms with E-state index < -0.39 is 5.60 Å². The van der Waals surface area contributed by atoms with Crippen LogP contribution in [0.15, 0.2) is 47.4 Å². The molecule has 0 unspecified atom stereocenters. The van der Waals surface area contributed by atoms with Crippen LogP contribution in [0.5, 0.6) is 5.75 Å². The number of aryl methyl sites for hydroxylation is 1. The minimum atomic E-state index is -1.20. The second-order valence-corrected chi connectivity index (χ2v) is 6.90. The normalized spacial score (nSPS) is 19.2. The number of hydrogen-bond acceptors (Lipinski definition) is 4. The summed E-state index contributed by atoms with van der Waals surface area (Å²) in [5.74, 6) is 0.489. The van der Waals surface area contributed by atoms with Crippen molar-refractivity contribution in [2.24, 2.45) is 7.05 Å². The van der Waals surface area contributed by atoms with Crippen LogP contribution in [0.1, 0.15) is 35.7 Å². The fourth-order valence-electron chi connectivity index (χ4n) is 3.56. The summed E-state index contributed by atoms with van der Waals surface area (Å²) >= 11 is 0. The Hall–Kier alpha value is -2.60. The molecule has 0 radical (unpaired) electrons. The molecular formula is C20H24N2O4. The van der Waals surface area contributed by atoms with E-state index >= 15 is 0 Å². The van der Waals surface area contributed by atoms with Crippen LogP contribution in [0.2, 0.25) is 0 Å². The van der Waals surface area contributed by atoms with Gasteiger partial charge in [-0.25, -0.2) is 0 Å². The molecule has 0 spiro atoms. The zero-order chi connectivity index (χ0) is 18.9. The lowest BCUT2D eigenvalue weighted by Crippen LogP contribution is -2.48. The van der Waals surface area contributed by atoms with Crippen molar-refractivity contribution in [2.45, 2.75) is 31.4 Å². The summed E-state index contributed by atoms with van der Waals surface area (Å²) in [6.45, 7) is 2.29. The summed E-state index contributed by atoms with van der Waals surface area (Å²) in [6, 6.07) is 9.86. The second-order valence-electron chi connectivity index (χ2n) is 6.90. The van der Waals surface area contributed by atoms with Gasteiger partial charge in [0.25, 0.3) is 11.5 Å². The van der Waals surface area contributed by atoms with Crippen LogP contribution in [-0.2, 0) is 12.6 Å². The van der Waals surface area contributed by atoms with Gasteiger partial charge in [-0.1, -0.05) is 12.1 Å². The van der Waals surface area contributed by atoms with E-state index in [0.717, 1.165) is 12.0 Å². The zero-order valence-electron chi connectivity index (χ0n) is 15.3. The van der Waals surface area contributed by atoms with E-state index in [9.17, 15) is 14.7 Å². The Bertz CT molecular complexity index is 855. The third-order valence-electron chi connectivity index (χ3n) is 5.19. The lowest BCUT2D eigenvalue weighted by Gasteiger charge is -2.37. The molecule has 1 saturated heterocycles. The van der Waals surface area contributed by atoms with E-state index in [-0.39, 0.29) is 17.5 Å². The van der Waals surface area contributed by atoms with E-state index in [4.69, 9.17) is 4.74 Å². The van der Waals surface area contributed by atoms with Crippen molar-refractivity contribution >= 4 is 5.91 Å². The maximum absolute atomic E-state index is 12.9. The highest BCUT2D eigenvalue weighted by Gasteiger charge is 2.42. The highest BCUT2D eigenvalue weighted by Crippen LogP contribution is 2.36. The quantitative estimate of drug-likeness (QED) is 0.908. The summed E-state index contributed by atoms with van der Waals surface area (Å²) in [6.07, 6.45) is 3.10. The van der Waals surface area contributed by atoms with E-state index in [1.54, 1.807) is 50.4 Å². The van der Waals surface area contributed by atoms with Crippen LogP contribution >= 0.6 is 0 Å². The Morgan fingerprint density at radius 1 is 1.27 bits per heavy atom. The third kappa shape index (κ3) is 3.24. The molecule has 6 heteroatoms. The molecule has 26 heavy (non-hydrogen) atoms. The Labute approximate surface area is 152 Å². The van der Waals surface area contributed by atoms with E-state index in [2.05, 4.69) is 0 Å². The van der Waals surface area contributed by atoms with Crippen LogP contribution in [0.3, 0.4) is 0 Å². The van der Waals surface area contributed by atoms with Gasteiger partial charge in [-0.3, -0.25) is 9.59 Å². The second kappa shape index (κ2) is 6.96. The van der Waals surface area contributed by atoms with Gasteiger partial charge in [-0.2, -0.15) is 0 Å². The van der Waals surface area contributed by atoms with Crippen molar-refractivity contribution in [1.29, 1.82) is 0 Å². The summed E-state index contributed by atoms with van der Waals surface area (Å²) in [5.41, 5.74) is -0.343. The molecule has 1 aromatic carbocycles. The topological polar surface area (TPSA) is 71.8 Å². The first-order valence-electron chi connectivity index (χ1n) is 8.69. The number of amides is 1. The largest absolute Gasteiger partial charge is 0.497 e. The van der Waals surface area contributed by atoms with Gasteiger partial charge < -0.3 is 19.3 Å².